The van der Waals surface area contributed by atoms with E-state index in [4.69, 9.17) is 5.21 Å². The lowest BCUT2D eigenvalue weighted by atomic mass is 10.3. The zero-order valence-corrected chi connectivity index (χ0v) is 10.3. The van der Waals surface area contributed by atoms with Crippen LogP contribution in [0.15, 0.2) is 16.4 Å². The second-order valence-corrected chi connectivity index (χ2v) is 5.19. The Bertz CT molecular complexity index is 399. The summed E-state index contributed by atoms with van der Waals surface area (Å²) < 4.78 is 0. The Morgan fingerprint density at radius 1 is 1.38 bits per heavy atom. The van der Waals surface area contributed by atoms with Gasteiger partial charge in [0.2, 0.25) is 0 Å². The minimum atomic E-state index is 0.242. The summed E-state index contributed by atoms with van der Waals surface area (Å²) in [5.74, 6) is 0. The second-order valence-electron chi connectivity index (χ2n) is 4.02. The molecule has 0 amide bonds. The molecule has 1 aliphatic rings. The Labute approximate surface area is 99.2 Å². The summed E-state index contributed by atoms with van der Waals surface area (Å²) in [4.78, 5) is 8.76. The molecule has 4 nitrogen and oxygen atoms in total. The van der Waals surface area contributed by atoms with E-state index in [2.05, 4.69) is 15.1 Å². The number of aryl methyl sites for hydroxylation is 2. The third kappa shape index (κ3) is 2.52. The van der Waals surface area contributed by atoms with Gasteiger partial charge in [0, 0.05) is 11.4 Å². The second kappa shape index (κ2) is 4.82. The topological polar surface area (TPSA) is 58.4 Å². The fraction of sp³-hybridized carbons (Fsp3) is 0.545. The van der Waals surface area contributed by atoms with E-state index >= 15 is 0 Å². The van der Waals surface area contributed by atoms with Crippen LogP contribution in [0.2, 0.25) is 0 Å². The molecule has 86 valence electrons. The lowest BCUT2D eigenvalue weighted by Gasteiger charge is -2.08. The molecule has 1 atom stereocenters. The van der Waals surface area contributed by atoms with Crippen LogP contribution in [0, 0.1) is 13.8 Å². The van der Waals surface area contributed by atoms with Crippen molar-refractivity contribution in [3.8, 4) is 0 Å². The Kier molecular flexibility index (Phi) is 3.43. The molecule has 1 saturated carbocycles. The highest BCUT2D eigenvalue weighted by Crippen LogP contribution is 2.31. The van der Waals surface area contributed by atoms with E-state index in [9.17, 15) is 0 Å². The fourth-order valence-electron chi connectivity index (χ4n) is 1.91. The number of hydrogen-bond acceptors (Lipinski definition) is 5. The van der Waals surface area contributed by atoms with E-state index < -0.39 is 0 Å². The molecule has 1 aliphatic carbocycles. The highest BCUT2D eigenvalue weighted by Gasteiger charge is 2.25. The summed E-state index contributed by atoms with van der Waals surface area (Å²) in [6, 6.07) is 1.96. The third-order valence-corrected chi connectivity index (χ3v) is 3.79. The maximum absolute atomic E-state index is 8.86. The largest absolute Gasteiger partial charge is 0.411 e. The summed E-state index contributed by atoms with van der Waals surface area (Å²) in [5.41, 5.74) is 2.83. The molecule has 16 heavy (non-hydrogen) atoms. The molecule has 0 aromatic carbocycles. The zero-order chi connectivity index (χ0) is 11.5. The number of oxime groups is 1. The Balaban J connectivity index is 2.14. The lowest BCUT2D eigenvalue weighted by Crippen LogP contribution is -2.10. The van der Waals surface area contributed by atoms with E-state index in [-0.39, 0.29) is 5.25 Å². The monoisotopic (exact) mass is 237 g/mol. The van der Waals surface area contributed by atoms with Gasteiger partial charge in [-0.15, -0.1) is 0 Å². The van der Waals surface area contributed by atoms with Gasteiger partial charge in [0.15, 0.2) is 5.16 Å². The van der Waals surface area contributed by atoms with Crippen molar-refractivity contribution in [3.05, 3.63) is 17.5 Å². The van der Waals surface area contributed by atoms with E-state index in [1.54, 1.807) is 11.8 Å². The number of hydrogen-bond donors (Lipinski definition) is 1. The molecular weight excluding hydrogens is 222 g/mol. The number of aromatic nitrogens is 2. The lowest BCUT2D eigenvalue weighted by molar-refractivity contribution is 0.317. The van der Waals surface area contributed by atoms with Gasteiger partial charge in [0.1, 0.15) is 0 Å². The van der Waals surface area contributed by atoms with Gasteiger partial charge in [-0.3, -0.25) is 0 Å². The molecule has 1 fully saturated rings. The van der Waals surface area contributed by atoms with E-state index in [1.807, 2.05) is 19.9 Å². The highest BCUT2D eigenvalue weighted by molar-refractivity contribution is 8.00. The number of rotatable bonds is 2. The normalized spacial score (nSPS) is 22.9. The van der Waals surface area contributed by atoms with Gasteiger partial charge in [-0.25, -0.2) is 9.97 Å². The predicted molar refractivity (Wildman–Crippen MR) is 64.2 cm³/mol. The fourth-order valence-corrected chi connectivity index (χ4v) is 3.14. The smallest absolute Gasteiger partial charge is 0.188 e. The van der Waals surface area contributed by atoms with Crippen LogP contribution in [-0.2, 0) is 0 Å². The number of nitrogens with zero attached hydrogens (tertiary/aromatic N) is 3. The van der Waals surface area contributed by atoms with Crippen LogP contribution in [0.4, 0.5) is 0 Å². The van der Waals surface area contributed by atoms with Crippen LogP contribution in [0.1, 0.15) is 30.7 Å². The van der Waals surface area contributed by atoms with E-state index in [1.165, 1.54) is 0 Å². The minimum Gasteiger partial charge on any atom is -0.411 e. The first kappa shape index (κ1) is 11.4. The van der Waals surface area contributed by atoms with Crippen molar-refractivity contribution in [1.82, 2.24) is 9.97 Å². The first-order valence-corrected chi connectivity index (χ1v) is 6.27. The van der Waals surface area contributed by atoms with Crippen molar-refractivity contribution in [2.75, 3.05) is 0 Å². The van der Waals surface area contributed by atoms with Gasteiger partial charge in [-0.2, -0.15) is 0 Å². The predicted octanol–water partition coefficient (Wildman–Crippen LogP) is 2.57. The van der Waals surface area contributed by atoms with Gasteiger partial charge < -0.3 is 5.21 Å². The van der Waals surface area contributed by atoms with Crippen LogP contribution in [0.25, 0.3) is 0 Å². The summed E-state index contributed by atoms with van der Waals surface area (Å²) >= 11 is 1.60. The maximum atomic E-state index is 8.86. The molecule has 0 spiro atoms. The number of thioether (sulfide) groups is 1. The quantitative estimate of drug-likeness (QED) is 0.488. The summed E-state index contributed by atoms with van der Waals surface area (Å²) in [6.45, 7) is 3.93. The van der Waals surface area contributed by atoms with Crippen LogP contribution in [0.3, 0.4) is 0 Å². The Hall–Kier alpha value is -1.10. The Morgan fingerprint density at radius 3 is 2.69 bits per heavy atom. The standard InChI is InChI=1S/C11H15N3OS/c1-7-6-8(2)13-11(12-7)16-10-5-3-4-9(10)14-15/h6,10,15H,3-5H2,1-2H3/b14-9+. The van der Waals surface area contributed by atoms with Crippen LogP contribution >= 0.6 is 11.8 Å². The molecule has 1 aromatic heterocycles. The maximum Gasteiger partial charge on any atom is 0.188 e. The van der Waals surface area contributed by atoms with Crippen molar-refractivity contribution >= 4 is 17.5 Å². The average molecular weight is 237 g/mol. The molecule has 2 rings (SSSR count). The molecule has 5 heteroatoms. The van der Waals surface area contributed by atoms with Crippen molar-refractivity contribution < 1.29 is 5.21 Å². The first-order valence-electron chi connectivity index (χ1n) is 5.39. The summed E-state index contributed by atoms with van der Waals surface area (Å²) in [7, 11) is 0. The van der Waals surface area contributed by atoms with Crippen LogP contribution in [-0.4, -0.2) is 26.1 Å². The summed E-state index contributed by atoms with van der Waals surface area (Å²) in [5, 5.41) is 13.2. The van der Waals surface area contributed by atoms with Gasteiger partial charge in [-0.05, 0) is 39.2 Å². The zero-order valence-electron chi connectivity index (χ0n) is 9.47. The van der Waals surface area contributed by atoms with Crippen molar-refractivity contribution in [1.29, 1.82) is 0 Å². The van der Waals surface area contributed by atoms with Gasteiger partial charge >= 0.3 is 0 Å². The van der Waals surface area contributed by atoms with Crippen molar-refractivity contribution in [2.45, 2.75) is 43.5 Å². The molecule has 0 saturated heterocycles. The molecule has 1 unspecified atom stereocenters. The average Bonchev–Trinajstić information content (AvgIpc) is 2.63. The van der Waals surface area contributed by atoms with Crippen LogP contribution < -0.4 is 0 Å². The molecule has 0 radical (unpaired) electrons. The van der Waals surface area contributed by atoms with Gasteiger partial charge in [0.05, 0.1) is 11.0 Å². The van der Waals surface area contributed by atoms with Gasteiger partial charge in [-0.1, -0.05) is 16.9 Å². The van der Waals surface area contributed by atoms with E-state index in [0.717, 1.165) is 41.5 Å². The van der Waals surface area contributed by atoms with Gasteiger partial charge in [0.25, 0.3) is 0 Å². The SMILES string of the molecule is Cc1cc(C)nc(SC2CCC/C2=N\O)n1. The summed E-state index contributed by atoms with van der Waals surface area (Å²) in [6.07, 6.45) is 3.02. The van der Waals surface area contributed by atoms with E-state index in [0.29, 0.717) is 0 Å². The molecule has 0 aliphatic heterocycles. The molecule has 0 bridgehead atoms. The molecular formula is C11H15N3OS. The molecule has 1 aromatic rings. The minimum absolute atomic E-state index is 0.242. The first-order chi connectivity index (χ1) is 7.69. The van der Waals surface area contributed by atoms with Crippen LogP contribution in [0.5, 0.6) is 0 Å². The van der Waals surface area contributed by atoms with Crippen molar-refractivity contribution in [3.63, 3.8) is 0 Å². The molecule has 1 heterocycles. The Morgan fingerprint density at radius 2 is 2.06 bits per heavy atom. The third-order valence-electron chi connectivity index (χ3n) is 2.61. The highest BCUT2D eigenvalue weighted by atomic mass is 32.2. The van der Waals surface area contributed by atoms with Crippen molar-refractivity contribution in [2.24, 2.45) is 5.16 Å². The molecule has 1 N–H and O–H groups in total.